The summed E-state index contributed by atoms with van der Waals surface area (Å²) in [7, 11) is 0. The van der Waals surface area contributed by atoms with Crippen LogP contribution in [0.15, 0.2) is 34.0 Å². The van der Waals surface area contributed by atoms with Crippen LogP contribution in [0.3, 0.4) is 0 Å². The van der Waals surface area contributed by atoms with E-state index in [-0.39, 0.29) is 23.1 Å². The van der Waals surface area contributed by atoms with E-state index in [0.717, 1.165) is 25.9 Å². The summed E-state index contributed by atoms with van der Waals surface area (Å²) in [6, 6.07) is 6.59. The number of anilines is 1. The maximum Gasteiger partial charge on any atom is 0.292 e. The average molecular weight is 425 g/mol. The summed E-state index contributed by atoms with van der Waals surface area (Å²) >= 11 is 0. The molecular formula is C19H23N9O3. The minimum Gasteiger partial charge on any atom is -0.508 e. The molecule has 0 bridgehead atoms. The van der Waals surface area contributed by atoms with Gasteiger partial charge in [0, 0.05) is 12.1 Å². The maximum absolute atomic E-state index is 13.1. The first-order valence-electron chi connectivity index (χ1n) is 9.92. The first-order valence-corrected chi connectivity index (χ1v) is 9.92. The summed E-state index contributed by atoms with van der Waals surface area (Å²) in [6.45, 7) is 4.04. The van der Waals surface area contributed by atoms with Gasteiger partial charge in [-0.1, -0.05) is 23.8 Å². The molecule has 0 saturated carbocycles. The smallest absolute Gasteiger partial charge is 0.292 e. The van der Waals surface area contributed by atoms with Gasteiger partial charge in [0.1, 0.15) is 11.4 Å². The third-order valence-electron chi connectivity index (χ3n) is 5.06. The van der Waals surface area contributed by atoms with E-state index in [1.165, 1.54) is 11.1 Å². The van der Waals surface area contributed by atoms with Crippen molar-refractivity contribution in [3.63, 3.8) is 0 Å². The quantitative estimate of drug-likeness (QED) is 0.387. The van der Waals surface area contributed by atoms with Crippen molar-refractivity contribution < 1.29 is 14.5 Å². The van der Waals surface area contributed by atoms with Crippen molar-refractivity contribution >= 4 is 17.4 Å². The fourth-order valence-electron chi connectivity index (χ4n) is 3.45. The molecule has 12 heteroatoms. The van der Waals surface area contributed by atoms with Gasteiger partial charge in [0.05, 0.1) is 5.71 Å². The SMILES string of the molecule is CC(=NNC(=O)c1c(CN2CCCCC2)nnn1-c1nonc1N)c1cccc(O)c1. The van der Waals surface area contributed by atoms with Crippen LogP contribution in [0.1, 0.15) is 47.9 Å². The largest absolute Gasteiger partial charge is 0.508 e. The van der Waals surface area contributed by atoms with Crippen LogP contribution in [0.5, 0.6) is 5.75 Å². The Morgan fingerprint density at radius 3 is 2.81 bits per heavy atom. The molecule has 1 aliphatic heterocycles. The third-order valence-corrected chi connectivity index (χ3v) is 5.06. The molecule has 0 spiro atoms. The van der Waals surface area contributed by atoms with Crippen LogP contribution in [0, 0.1) is 0 Å². The van der Waals surface area contributed by atoms with Crippen molar-refractivity contribution in [1.29, 1.82) is 0 Å². The minimum atomic E-state index is -0.529. The third kappa shape index (κ3) is 4.53. The maximum atomic E-state index is 13.1. The number of phenols is 1. The molecule has 4 N–H and O–H groups in total. The van der Waals surface area contributed by atoms with E-state index in [4.69, 9.17) is 5.73 Å². The highest BCUT2D eigenvalue weighted by Gasteiger charge is 2.26. The summed E-state index contributed by atoms with van der Waals surface area (Å²) in [5.74, 6) is -0.350. The molecule has 0 radical (unpaired) electrons. The van der Waals surface area contributed by atoms with Gasteiger partial charge in [0.2, 0.25) is 11.6 Å². The second-order valence-corrected chi connectivity index (χ2v) is 7.29. The predicted octanol–water partition coefficient (Wildman–Crippen LogP) is 1.08. The fourth-order valence-corrected chi connectivity index (χ4v) is 3.45. The van der Waals surface area contributed by atoms with E-state index in [1.54, 1.807) is 31.2 Å². The predicted molar refractivity (Wildman–Crippen MR) is 111 cm³/mol. The van der Waals surface area contributed by atoms with Gasteiger partial charge in [-0.25, -0.2) is 10.1 Å². The topological polar surface area (TPSA) is 161 Å². The first-order chi connectivity index (χ1) is 15.0. The molecule has 2 aromatic heterocycles. The number of rotatable bonds is 6. The van der Waals surface area contributed by atoms with E-state index in [9.17, 15) is 9.90 Å². The number of nitrogens with two attached hydrogens (primary N) is 1. The average Bonchev–Trinajstić information content (AvgIpc) is 3.38. The Kier molecular flexibility index (Phi) is 5.89. The van der Waals surface area contributed by atoms with Gasteiger partial charge >= 0.3 is 0 Å². The van der Waals surface area contributed by atoms with E-state index in [2.05, 4.69) is 40.7 Å². The molecule has 4 rings (SSSR count). The van der Waals surface area contributed by atoms with Crippen LogP contribution >= 0.6 is 0 Å². The number of nitrogens with one attached hydrogen (secondary N) is 1. The molecule has 1 amide bonds. The minimum absolute atomic E-state index is 0.0112. The lowest BCUT2D eigenvalue weighted by atomic mass is 10.1. The molecule has 162 valence electrons. The Hall–Kier alpha value is -3.80. The standard InChI is InChI=1S/C19H23N9O3/c1-12(13-6-5-7-14(29)10-13)21-23-19(30)16-15(11-27-8-3-2-4-9-27)22-26-28(16)18-17(20)24-31-25-18/h5-7,10,29H,2-4,8-9,11H2,1H3,(H2,20,24)(H,23,30). The van der Waals surface area contributed by atoms with Crippen molar-refractivity contribution in [3.05, 3.63) is 41.2 Å². The highest BCUT2D eigenvalue weighted by atomic mass is 16.6. The van der Waals surface area contributed by atoms with Crippen molar-refractivity contribution in [2.75, 3.05) is 18.8 Å². The molecule has 0 atom stereocenters. The van der Waals surface area contributed by atoms with Gasteiger partial charge in [0.25, 0.3) is 5.91 Å². The lowest BCUT2D eigenvalue weighted by Gasteiger charge is -2.25. The summed E-state index contributed by atoms with van der Waals surface area (Å²) in [6.07, 6.45) is 3.40. The molecule has 1 aromatic carbocycles. The Bertz CT molecular complexity index is 1100. The molecule has 1 saturated heterocycles. The van der Waals surface area contributed by atoms with Gasteiger partial charge < -0.3 is 10.8 Å². The molecule has 12 nitrogen and oxygen atoms in total. The van der Waals surface area contributed by atoms with E-state index in [1.807, 2.05) is 0 Å². The number of likely N-dealkylation sites (tertiary alicyclic amines) is 1. The zero-order chi connectivity index (χ0) is 21.8. The number of hydrogen-bond acceptors (Lipinski definition) is 10. The summed E-state index contributed by atoms with van der Waals surface area (Å²) in [5, 5.41) is 29.3. The highest BCUT2D eigenvalue weighted by molar-refractivity contribution is 6.01. The van der Waals surface area contributed by atoms with Gasteiger partial charge in [-0.05, 0) is 55.3 Å². The number of hydrogen-bond donors (Lipinski definition) is 3. The number of aromatic nitrogens is 5. The molecule has 3 heterocycles. The molecule has 3 aromatic rings. The second-order valence-electron chi connectivity index (χ2n) is 7.29. The lowest BCUT2D eigenvalue weighted by molar-refractivity contribution is 0.0944. The normalized spacial score (nSPS) is 15.2. The Labute approximate surface area is 177 Å². The molecule has 1 aliphatic rings. The molecule has 31 heavy (non-hydrogen) atoms. The highest BCUT2D eigenvalue weighted by Crippen LogP contribution is 2.19. The molecule has 0 unspecified atom stereocenters. The van der Waals surface area contributed by atoms with E-state index < -0.39 is 5.91 Å². The van der Waals surface area contributed by atoms with Crippen LogP contribution in [-0.4, -0.2) is 60.0 Å². The Morgan fingerprint density at radius 1 is 1.29 bits per heavy atom. The van der Waals surface area contributed by atoms with Crippen molar-refractivity contribution in [2.24, 2.45) is 5.10 Å². The number of nitrogens with zero attached hydrogens (tertiary/aromatic N) is 7. The van der Waals surface area contributed by atoms with Crippen LogP contribution in [-0.2, 0) is 6.54 Å². The van der Waals surface area contributed by atoms with Crippen molar-refractivity contribution in [2.45, 2.75) is 32.7 Å². The monoisotopic (exact) mass is 425 g/mol. The number of phenolic OH excluding ortho intramolecular Hbond substituents is 1. The first kappa shape index (κ1) is 20.5. The number of carbonyl (C=O) groups is 1. The van der Waals surface area contributed by atoms with Gasteiger partial charge in [0.15, 0.2) is 5.69 Å². The summed E-state index contributed by atoms with van der Waals surface area (Å²) in [4.78, 5) is 15.3. The molecule has 0 aliphatic carbocycles. The molecule has 1 fully saturated rings. The molecular weight excluding hydrogens is 402 g/mol. The Morgan fingerprint density at radius 2 is 2.10 bits per heavy atom. The number of nitrogen functional groups attached to an aromatic ring is 1. The van der Waals surface area contributed by atoms with Crippen molar-refractivity contribution in [1.82, 2.24) is 35.6 Å². The lowest BCUT2D eigenvalue weighted by Crippen LogP contribution is -2.31. The number of carbonyl (C=O) groups excluding carboxylic acids is 1. The number of piperidine rings is 1. The van der Waals surface area contributed by atoms with Crippen LogP contribution in [0.25, 0.3) is 5.82 Å². The van der Waals surface area contributed by atoms with Gasteiger partial charge in [-0.15, -0.1) is 5.10 Å². The fraction of sp³-hybridized carbons (Fsp3) is 0.368. The van der Waals surface area contributed by atoms with Gasteiger partial charge in [-0.3, -0.25) is 9.69 Å². The number of hydrazone groups is 1. The Balaban J connectivity index is 1.62. The number of benzene rings is 1. The van der Waals surface area contributed by atoms with E-state index >= 15 is 0 Å². The number of aromatic hydroxyl groups is 1. The van der Waals surface area contributed by atoms with Crippen LogP contribution < -0.4 is 11.2 Å². The summed E-state index contributed by atoms with van der Waals surface area (Å²) < 4.78 is 5.86. The van der Waals surface area contributed by atoms with Crippen LogP contribution in [0.4, 0.5) is 5.82 Å². The van der Waals surface area contributed by atoms with Crippen LogP contribution in [0.2, 0.25) is 0 Å². The number of amides is 1. The van der Waals surface area contributed by atoms with E-state index in [0.29, 0.717) is 23.5 Å². The zero-order valence-corrected chi connectivity index (χ0v) is 17.0. The van der Waals surface area contributed by atoms with Crippen molar-refractivity contribution in [3.8, 4) is 11.6 Å². The zero-order valence-electron chi connectivity index (χ0n) is 17.0. The van der Waals surface area contributed by atoms with Gasteiger partial charge in [-0.2, -0.15) is 9.78 Å². The summed E-state index contributed by atoms with van der Waals surface area (Å²) in [5.41, 5.74) is 10.1. The second kappa shape index (κ2) is 8.92.